The van der Waals surface area contributed by atoms with E-state index in [-0.39, 0.29) is 6.61 Å². The van der Waals surface area contributed by atoms with E-state index in [0.717, 1.165) is 37.1 Å². The van der Waals surface area contributed by atoms with Gasteiger partial charge in [-0.15, -0.1) is 10.2 Å². The molecule has 1 N–H and O–H groups in total. The second-order valence-electron chi connectivity index (χ2n) is 6.73. The van der Waals surface area contributed by atoms with Gasteiger partial charge in [0.25, 0.3) is 5.89 Å². The number of aliphatic hydroxyl groups is 1. The summed E-state index contributed by atoms with van der Waals surface area (Å²) in [5.41, 5.74) is 2.40. The zero-order valence-electron chi connectivity index (χ0n) is 14.8. The third-order valence-electron chi connectivity index (χ3n) is 4.91. The predicted molar refractivity (Wildman–Crippen MR) is 95.1 cm³/mol. The Bertz CT molecular complexity index is 851. The van der Waals surface area contributed by atoms with E-state index in [4.69, 9.17) is 8.94 Å². The molecule has 2 aromatic heterocycles. The van der Waals surface area contributed by atoms with Crippen LogP contribution in [0.5, 0.6) is 0 Å². The van der Waals surface area contributed by atoms with Crippen LogP contribution in [0.25, 0.3) is 22.7 Å². The van der Waals surface area contributed by atoms with Crippen LogP contribution in [0.1, 0.15) is 24.5 Å². The van der Waals surface area contributed by atoms with E-state index in [0.29, 0.717) is 35.7 Å². The second kappa shape index (κ2) is 7.39. The number of likely N-dealkylation sites (tertiary alicyclic amines) is 1. The number of piperidine rings is 1. The summed E-state index contributed by atoms with van der Waals surface area (Å²) in [6.07, 6.45) is 2.00. The van der Waals surface area contributed by atoms with Crippen molar-refractivity contribution >= 4 is 0 Å². The number of hydrogen-bond donors (Lipinski definition) is 1. The molecule has 7 nitrogen and oxygen atoms in total. The van der Waals surface area contributed by atoms with Gasteiger partial charge in [0.15, 0.2) is 0 Å². The van der Waals surface area contributed by atoms with Crippen LogP contribution in [0.15, 0.2) is 39.3 Å². The third-order valence-corrected chi connectivity index (χ3v) is 4.91. The quantitative estimate of drug-likeness (QED) is 0.753. The minimum atomic E-state index is 0.271. The van der Waals surface area contributed by atoms with E-state index in [1.165, 1.54) is 0 Å². The molecule has 1 saturated heterocycles. The molecule has 0 spiro atoms. The first-order chi connectivity index (χ1) is 12.7. The maximum atomic E-state index is 9.25. The van der Waals surface area contributed by atoms with Crippen LogP contribution in [-0.4, -0.2) is 45.1 Å². The van der Waals surface area contributed by atoms with Crippen LogP contribution in [0.4, 0.5) is 0 Å². The molecule has 0 saturated carbocycles. The topological polar surface area (TPSA) is 88.4 Å². The average Bonchev–Trinajstić information content (AvgIpc) is 3.29. The first kappa shape index (κ1) is 16.9. The lowest BCUT2D eigenvalue weighted by molar-refractivity contribution is 0.121. The zero-order valence-corrected chi connectivity index (χ0v) is 14.8. The van der Waals surface area contributed by atoms with E-state index in [1.807, 2.05) is 37.3 Å². The fourth-order valence-electron chi connectivity index (χ4n) is 3.35. The Morgan fingerprint density at radius 3 is 2.65 bits per heavy atom. The Morgan fingerprint density at radius 2 is 1.92 bits per heavy atom. The van der Waals surface area contributed by atoms with Crippen molar-refractivity contribution in [2.24, 2.45) is 5.92 Å². The van der Waals surface area contributed by atoms with Crippen molar-refractivity contribution in [3.8, 4) is 22.7 Å². The van der Waals surface area contributed by atoms with Crippen LogP contribution in [0, 0.1) is 12.8 Å². The highest BCUT2D eigenvalue weighted by molar-refractivity contribution is 5.77. The van der Waals surface area contributed by atoms with Crippen molar-refractivity contribution < 1.29 is 14.0 Å². The van der Waals surface area contributed by atoms with Crippen molar-refractivity contribution in [2.45, 2.75) is 26.3 Å². The fourth-order valence-corrected chi connectivity index (χ4v) is 3.35. The lowest BCUT2D eigenvalue weighted by Gasteiger charge is -2.29. The molecule has 0 radical (unpaired) electrons. The van der Waals surface area contributed by atoms with E-state index < -0.39 is 0 Å². The SMILES string of the molecule is Cc1onc(-c2ccccc2)c1-c1nnc(CN2CCC(CO)CC2)o1. The highest BCUT2D eigenvalue weighted by Gasteiger charge is 2.24. The lowest BCUT2D eigenvalue weighted by Crippen LogP contribution is -2.34. The van der Waals surface area contributed by atoms with Crippen molar-refractivity contribution in [1.82, 2.24) is 20.3 Å². The normalized spacial score (nSPS) is 16.2. The number of aliphatic hydroxyl groups excluding tert-OH is 1. The van der Waals surface area contributed by atoms with Gasteiger partial charge in [-0.2, -0.15) is 0 Å². The van der Waals surface area contributed by atoms with Crippen molar-refractivity contribution in [1.29, 1.82) is 0 Å². The van der Waals surface area contributed by atoms with Gasteiger partial charge >= 0.3 is 0 Å². The van der Waals surface area contributed by atoms with Crippen LogP contribution in [0.3, 0.4) is 0 Å². The molecule has 7 heteroatoms. The molecular formula is C19H22N4O3. The molecule has 1 aliphatic rings. The minimum Gasteiger partial charge on any atom is -0.419 e. The largest absolute Gasteiger partial charge is 0.419 e. The molecule has 3 aromatic rings. The zero-order chi connectivity index (χ0) is 17.9. The number of benzene rings is 1. The standard InChI is InChI=1S/C19H22N4O3/c1-13-17(18(22-26-13)15-5-3-2-4-6-15)19-21-20-16(25-19)11-23-9-7-14(12-24)8-10-23/h2-6,14,24H,7-12H2,1H3. The highest BCUT2D eigenvalue weighted by atomic mass is 16.5. The van der Waals surface area contributed by atoms with Crippen LogP contribution in [0.2, 0.25) is 0 Å². The molecule has 1 aromatic carbocycles. The summed E-state index contributed by atoms with van der Waals surface area (Å²) < 4.78 is 11.3. The van der Waals surface area contributed by atoms with Crippen molar-refractivity contribution in [3.63, 3.8) is 0 Å². The summed E-state index contributed by atoms with van der Waals surface area (Å²) in [5, 5.41) is 21.8. The third kappa shape index (κ3) is 3.40. The lowest BCUT2D eigenvalue weighted by atomic mass is 9.98. The summed E-state index contributed by atoms with van der Waals surface area (Å²) in [6, 6.07) is 9.82. The van der Waals surface area contributed by atoms with E-state index in [9.17, 15) is 5.11 Å². The number of rotatable bonds is 5. The second-order valence-corrected chi connectivity index (χ2v) is 6.73. The van der Waals surface area contributed by atoms with Gasteiger partial charge in [-0.25, -0.2) is 0 Å². The van der Waals surface area contributed by atoms with Gasteiger partial charge in [-0.05, 0) is 38.8 Å². The van der Waals surface area contributed by atoms with Crippen LogP contribution in [-0.2, 0) is 6.54 Å². The molecule has 0 aliphatic carbocycles. The summed E-state index contributed by atoms with van der Waals surface area (Å²) in [5.74, 6) is 2.09. The van der Waals surface area contributed by atoms with Gasteiger partial charge < -0.3 is 14.0 Å². The number of aryl methyl sites for hydroxylation is 1. The molecule has 0 amide bonds. The summed E-state index contributed by atoms with van der Waals surface area (Å²) >= 11 is 0. The van der Waals surface area contributed by atoms with E-state index in [1.54, 1.807) is 0 Å². The van der Waals surface area contributed by atoms with Crippen LogP contribution >= 0.6 is 0 Å². The van der Waals surface area contributed by atoms with Gasteiger partial charge in [-0.3, -0.25) is 4.90 Å². The fraction of sp³-hybridized carbons (Fsp3) is 0.421. The Kier molecular flexibility index (Phi) is 4.81. The molecule has 26 heavy (non-hydrogen) atoms. The van der Waals surface area contributed by atoms with Crippen molar-refractivity contribution in [2.75, 3.05) is 19.7 Å². The Balaban J connectivity index is 1.53. The van der Waals surface area contributed by atoms with Crippen LogP contribution < -0.4 is 0 Å². The number of hydrogen-bond acceptors (Lipinski definition) is 7. The van der Waals surface area contributed by atoms with Crippen molar-refractivity contribution in [3.05, 3.63) is 42.0 Å². The maximum Gasteiger partial charge on any atom is 0.253 e. The molecule has 1 fully saturated rings. The Hall–Kier alpha value is -2.51. The molecule has 3 heterocycles. The predicted octanol–water partition coefficient (Wildman–Crippen LogP) is 2.90. The first-order valence-electron chi connectivity index (χ1n) is 8.92. The van der Waals surface area contributed by atoms with Gasteiger partial charge in [-0.1, -0.05) is 35.5 Å². The van der Waals surface area contributed by atoms with Gasteiger partial charge in [0.1, 0.15) is 17.0 Å². The highest BCUT2D eigenvalue weighted by Crippen LogP contribution is 2.33. The summed E-state index contributed by atoms with van der Waals surface area (Å²) in [6.45, 7) is 4.61. The monoisotopic (exact) mass is 354 g/mol. The van der Waals surface area contributed by atoms with E-state index in [2.05, 4.69) is 20.3 Å². The Labute approximate surface area is 151 Å². The molecule has 136 valence electrons. The summed E-state index contributed by atoms with van der Waals surface area (Å²) in [4.78, 5) is 2.28. The molecular weight excluding hydrogens is 332 g/mol. The molecule has 0 atom stereocenters. The molecule has 4 rings (SSSR count). The minimum absolute atomic E-state index is 0.271. The smallest absolute Gasteiger partial charge is 0.253 e. The Morgan fingerprint density at radius 1 is 1.15 bits per heavy atom. The molecule has 0 unspecified atom stereocenters. The number of nitrogens with zero attached hydrogens (tertiary/aromatic N) is 4. The molecule has 1 aliphatic heterocycles. The van der Waals surface area contributed by atoms with E-state index >= 15 is 0 Å². The number of aromatic nitrogens is 3. The van der Waals surface area contributed by atoms with Gasteiger partial charge in [0, 0.05) is 12.2 Å². The van der Waals surface area contributed by atoms with Gasteiger partial charge in [0.2, 0.25) is 5.89 Å². The summed E-state index contributed by atoms with van der Waals surface area (Å²) in [7, 11) is 0. The van der Waals surface area contributed by atoms with Gasteiger partial charge in [0.05, 0.1) is 6.54 Å². The molecule has 0 bridgehead atoms. The first-order valence-corrected chi connectivity index (χ1v) is 8.92. The average molecular weight is 354 g/mol. The maximum absolute atomic E-state index is 9.25.